The zero-order valence-electron chi connectivity index (χ0n) is 9.16. The topological polar surface area (TPSA) is 67.3 Å². The van der Waals surface area contributed by atoms with Crippen molar-refractivity contribution in [3.05, 3.63) is 11.9 Å². The van der Waals surface area contributed by atoms with Crippen molar-refractivity contribution in [1.29, 1.82) is 0 Å². The van der Waals surface area contributed by atoms with E-state index in [-0.39, 0.29) is 6.61 Å². The van der Waals surface area contributed by atoms with E-state index in [0.717, 1.165) is 18.1 Å². The summed E-state index contributed by atoms with van der Waals surface area (Å²) < 4.78 is 5.38. The summed E-state index contributed by atoms with van der Waals surface area (Å²) in [5.41, 5.74) is 0. The molecule has 1 rings (SSSR count). The molecule has 0 unspecified atom stereocenters. The van der Waals surface area contributed by atoms with E-state index in [0.29, 0.717) is 18.9 Å². The average molecular weight is 211 g/mol. The van der Waals surface area contributed by atoms with Crippen LogP contribution in [0.5, 0.6) is 5.88 Å². The number of hydrogen-bond donors (Lipinski definition) is 2. The Labute approximate surface area is 89.5 Å². The lowest BCUT2D eigenvalue weighted by Crippen LogP contribution is -2.05. The second kappa shape index (κ2) is 6.19. The Hall–Kier alpha value is -1.36. The van der Waals surface area contributed by atoms with E-state index in [1.54, 1.807) is 13.1 Å². The fourth-order valence-corrected chi connectivity index (χ4v) is 1.07. The van der Waals surface area contributed by atoms with Crippen LogP contribution in [0, 0.1) is 0 Å². The molecule has 0 saturated carbocycles. The van der Waals surface area contributed by atoms with Gasteiger partial charge in [0.15, 0.2) is 0 Å². The second-order valence-electron chi connectivity index (χ2n) is 3.04. The molecule has 0 spiro atoms. The van der Waals surface area contributed by atoms with Crippen LogP contribution in [-0.2, 0) is 6.42 Å². The third kappa shape index (κ3) is 3.71. The molecule has 0 amide bonds. The van der Waals surface area contributed by atoms with Crippen LogP contribution in [0.15, 0.2) is 6.07 Å². The van der Waals surface area contributed by atoms with E-state index in [4.69, 9.17) is 9.84 Å². The minimum atomic E-state index is 0.130. The summed E-state index contributed by atoms with van der Waals surface area (Å²) in [7, 11) is 1.80. The predicted molar refractivity (Wildman–Crippen MR) is 58.2 cm³/mol. The van der Waals surface area contributed by atoms with Gasteiger partial charge in [-0.25, -0.2) is 4.98 Å². The van der Waals surface area contributed by atoms with Crippen LogP contribution in [0.25, 0.3) is 0 Å². The van der Waals surface area contributed by atoms with E-state index in [1.165, 1.54) is 0 Å². The van der Waals surface area contributed by atoms with E-state index in [2.05, 4.69) is 15.3 Å². The van der Waals surface area contributed by atoms with Crippen molar-refractivity contribution in [3.8, 4) is 5.88 Å². The minimum absolute atomic E-state index is 0.130. The molecular weight excluding hydrogens is 194 g/mol. The normalized spacial score (nSPS) is 10.1. The van der Waals surface area contributed by atoms with Crippen molar-refractivity contribution in [1.82, 2.24) is 9.97 Å². The molecule has 5 heteroatoms. The lowest BCUT2D eigenvalue weighted by atomic mass is 10.4. The number of aliphatic hydroxyl groups is 1. The van der Waals surface area contributed by atoms with Gasteiger partial charge in [0.2, 0.25) is 5.88 Å². The molecule has 0 saturated heterocycles. The van der Waals surface area contributed by atoms with Gasteiger partial charge in [-0.15, -0.1) is 0 Å². The van der Waals surface area contributed by atoms with Crippen LogP contribution < -0.4 is 10.1 Å². The van der Waals surface area contributed by atoms with Crippen molar-refractivity contribution in [2.45, 2.75) is 19.8 Å². The standard InChI is InChI=1S/C10H17N3O2/c1-3-8-12-9(11-2)7-10(13-8)15-6-4-5-14/h7,14H,3-6H2,1-2H3,(H,11,12,13). The molecule has 0 bridgehead atoms. The number of aryl methyl sites for hydroxylation is 1. The molecule has 1 aromatic heterocycles. The van der Waals surface area contributed by atoms with Crippen molar-refractivity contribution >= 4 is 5.82 Å². The Morgan fingerprint density at radius 1 is 1.47 bits per heavy atom. The Kier molecular flexibility index (Phi) is 4.83. The van der Waals surface area contributed by atoms with Gasteiger partial charge in [-0.3, -0.25) is 0 Å². The van der Waals surface area contributed by atoms with E-state index < -0.39 is 0 Å². The van der Waals surface area contributed by atoms with Gasteiger partial charge >= 0.3 is 0 Å². The Morgan fingerprint density at radius 2 is 2.27 bits per heavy atom. The van der Waals surface area contributed by atoms with Crippen LogP contribution in [0.4, 0.5) is 5.82 Å². The van der Waals surface area contributed by atoms with Crippen molar-refractivity contribution in [2.24, 2.45) is 0 Å². The summed E-state index contributed by atoms with van der Waals surface area (Å²) in [6.07, 6.45) is 1.38. The van der Waals surface area contributed by atoms with Gasteiger partial charge in [-0.05, 0) is 0 Å². The zero-order chi connectivity index (χ0) is 11.1. The molecule has 0 fully saturated rings. The SMILES string of the molecule is CCc1nc(NC)cc(OCCCO)n1. The fourth-order valence-electron chi connectivity index (χ4n) is 1.07. The van der Waals surface area contributed by atoms with E-state index >= 15 is 0 Å². The Morgan fingerprint density at radius 3 is 2.87 bits per heavy atom. The van der Waals surface area contributed by atoms with Gasteiger partial charge < -0.3 is 15.2 Å². The third-order valence-electron chi connectivity index (χ3n) is 1.87. The molecule has 5 nitrogen and oxygen atoms in total. The molecule has 15 heavy (non-hydrogen) atoms. The number of nitrogens with zero attached hydrogens (tertiary/aromatic N) is 2. The number of nitrogens with one attached hydrogen (secondary N) is 1. The summed E-state index contributed by atoms with van der Waals surface area (Å²) in [4.78, 5) is 8.46. The molecule has 1 aromatic rings. The number of anilines is 1. The fraction of sp³-hybridized carbons (Fsp3) is 0.600. The lowest BCUT2D eigenvalue weighted by Gasteiger charge is -2.07. The van der Waals surface area contributed by atoms with Crippen LogP contribution in [-0.4, -0.2) is 35.3 Å². The molecule has 0 radical (unpaired) electrons. The van der Waals surface area contributed by atoms with Gasteiger partial charge in [0.25, 0.3) is 0 Å². The quantitative estimate of drug-likeness (QED) is 0.682. The largest absolute Gasteiger partial charge is 0.477 e. The third-order valence-corrected chi connectivity index (χ3v) is 1.87. The highest BCUT2D eigenvalue weighted by Crippen LogP contribution is 2.13. The number of hydrogen-bond acceptors (Lipinski definition) is 5. The van der Waals surface area contributed by atoms with Gasteiger partial charge in [-0.2, -0.15) is 4.98 Å². The van der Waals surface area contributed by atoms with Crippen LogP contribution in [0.2, 0.25) is 0 Å². The van der Waals surface area contributed by atoms with E-state index in [1.807, 2.05) is 6.92 Å². The molecule has 0 aliphatic heterocycles. The number of rotatable bonds is 6. The van der Waals surface area contributed by atoms with E-state index in [9.17, 15) is 0 Å². The molecule has 0 aromatic carbocycles. The predicted octanol–water partition coefficient (Wildman–Crippen LogP) is 0.842. The maximum Gasteiger partial charge on any atom is 0.218 e. The first-order valence-corrected chi connectivity index (χ1v) is 5.09. The number of aliphatic hydroxyl groups excluding tert-OH is 1. The average Bonchev–Trinajstić information content (AvgIpc) is 2.29. The first-order valence-electron chi connectivity index (χ1n) is 5.09. The summed E-state index contributed by atoms with van der Waals surface area (Å²) >= 11 is 0. The molecule has 0 aliphatic rings. The molecule has 0 atom stereocenters. The first kappa shape index (κ1) is 11.7. The van der Waals surface area contributed by atoms with Crippen molar-refractivity contribution < 1.29 is 9.84 Å². The maximum absolute atomic E-state index is 8.62. The monoisotopic (exact) mass is 211 g/mol. The second-order valence-corrected chi connectivity index (χ2v) is 3.04. The molecular formula is C10H17N3O2. The molecule has 2 N–H and O–H groups in total. The Bertz CT molecular complexity index is 282. The highest BCUT2D eigenvalue weighted by atomic mass is 16.5. The number of aromatic nitrogens is 2. The summed E-state index contributed by atoms with van der Waals surface area (Å²) in [5, 5.41) is 11.6. The van der Waals surface area contributed by atoms with Crippen LogP contribution >= 0.6 is 0 Å². The van der Waals surface area contributed by atoms with Gasteiger partial charge in [-0.1, -0.05) is 6.92 Å². The summed E-state index contributed by atoms with van der Waals surface area (Å²) in [6.45, 7) is 2.59. The van der Waals surface area contributed by atoms with Crippen molar-refractivity contribution in [2.75, 3.05) is 25.6 Å². The molecule has 0 aliphatic carbocycles. The molecule has 84 valence electrons. The summed E-state index contributed by atoms with van der Waals surface area (Å²) in [6, 6.07) is 1.75. The van der Waals surface area contributed by atoms with Crippen LogP contribution in [0.3, 0.4) is 0 Å². The first-order chi connectivity index (χ1) is 7.30. The van der Waals surface area contributed by atoms with Gasteiger partial charge in [0.1, 0.15) is 11.6 Å². The van der Waals surface area contributed by atoms with Gasteiger partial charge in [0.05, 0.1) is 6.61 Å². The van der Waals surface area contributed by atoms with Crippen molar-refractivity contribution in [3.63, 3.8) is 0 Å². The maximum atomic E-state index is 8.62. The highest BCUT2D eigenvalue weighted by molar-refractivity contribution is 5.37. The van der Waals surface area contributed by atoms with Gasteiger partial charge in [0, 0.05) is 32.6 Å². The lowest BCUT2D eigenvalue weighted by molar-refractivity contribution is 0.229. The summed E-state index contributed by atoms with van der Waals surface area (Å²) in [5.74, 6) is 2.06. The number of ether oxygens (including phenoxy) is 1. The zero-order valence-corrected chi connectivity index (χ0v) is 9.16. The smallest absolute Gasteiger partial charge is 0.218 e. The Balaban J connectivity index is 2.68. The highest BCUT2D eigenvalue weighted by Gasteiger charge is 2.02. The molecule has 1 heterocycles. The minimum Gasteiger partial charge on any atom is -0.477 e. The van der Waals surface area contributed by atoms with Crippen LogP contribution in [0.1, 0.15) is 19.2 Å².